The molecule has 0 bridgehead atoms. The largest absolute Gasteiger partial charge is 0.373 e. The van der Waals surface area contributed by atoms with Crippen molar-refractivity contribution in [1.82, 2.24) is 6.15 Å². The molecule has 1 aromatic rings. The standard InChI is InChI=1S/C10H12O.H3N/c1-2-8-11-9-10-6-4-3-5-7-10;/h2-7H,1,8-9H2;1H3. The van der Waals surface area contributed by atoms with E-state index in [1.54, 1.807) is 6.08 Å². The minimum absolute atomic E-state index is 0. The van der Waals surface area contributed by atoms with Gasteiger partial charge in [0.05, 0.1) is 13.2 Å². The second-order valence-electron chi connectivity index (χ2n) is 2.29. The van der Waals surface area contributed by atoms with E-state index in [-0.39, 0.29) is 6.15 Å². The number of ether oxygens (including phenoxy) is 1. The van der Waals surface area contributed by atoms with Crippen molar-refractivity contribution in [3.05, 3.63) is 48.6 Å². The van der Waals surface area contributed by atoms with Crippen molar-refractivity contribution in [2.24, 2.45) is 0 Å². The predicted molar refractivity (Wildman–Crippen MR) is 51.3 cm³/mol. The quantitative estimate of drug-likeness (QED) is 0.550. The van der Waals surface area contributed by atoms with Gasteiger partial charge in [-0.15, -0.1) is 6.58 Å². The van der Waals surface area contributed by atoms with Gasteiger partial charge in [-0.1, -0.05) is 36.4 Å². The topological polar surface area (TPSA) is 44.2 Å². The summed E-state index contributed by atoms with van der Waals surface area (Å²) in [6.45, 7) is 4.86. The van der Waals surface area contributed by atoms with Crippen LogP contribution in [0.2, 0.25) is 0 Å². The smallest absolute Gasteiger partial charge is 0.0721 e. The molecule has 0 unspecified atom stereocenters. The Kier molecular flexibility index (Phi) is 5.97. The van der Waals surface area contributed by atoms with E-state index in [1.165, 1.54) is 5.56 Å². The van der Waals surface area contributed by atoms with Crippen molar-refractivity contribution in [1.29, 1.82) is 0 Å². The first kappa shape index (κ1) is 10.9. The van der Waals surface area contributed by atoms with E-state index in [0.717, 1.165) is 0 Å². The highest BCUT2D eigenvalue weighted by atomic mass is 16.5. The highest BCUT2D eigenvalue weighted by molar-refractivity contribution is 5.13. The summed E-state index contributed by atoms with van der Waals surface area (Å²) in [5.74, 6) is 0. The number of benzene rings is 1. The van der Waals surface area contributed by atoms with Crippen LogP contribution in [0.1, 0.15) is 5.56 Å². The molecule has 0 aliphatic rings. The molecule has 0 fully saturated rings. The molecule has 0 aliphatic heterocycles. The zero-order valence-corrected chi connectivity index (χ0v) is 7.20. The van der Waals surface area contributed by atoms with E-state index in [9.17, 15) is 0 Å². The molecule has 12 heavy (non-hydrogen) atoms. The first-order valence-electron chi connectivity index (χ1n) is 3.66. The summed E-state index contributed by atoms with van der Waals surface area (Å²) in [7, 11) is 0. The van der Waals surface area contributed by atoms with Gasteiger partial charge in [0.1, 0.15) is 0 Å². The fourth-order valence-corrected chi connectivity index (χ4v) is 0.834. The van der Waals surface area contributed by atoms with Gasteiger partial charge in [-0.3, -0.25) is 0 Å². The van der Waals surface area contributed by atoms with Crippen LogP contribution in [0.5, 0.6) is 0 Å². The number of hydrogen-bond acceptors (Lipinski definition) is 2. The van der Waals surface area contributed by atoms with Crippen LogP contribution in [0.3, 0.4) is 0 Å². The van der Waals surface area contributed by atoms with Gasteiger partial charge in [0, 0.05) is 0 Å². The molecule has 0 amide bonds. The normalized spacial score (nSPS) is 8.67. The summed E-state index contributed by atoms with van der Waals surface area (Å²) in [5.41, 5.74) is 1.20. The van der Waals surface area contributed by atoms with Crippen LogP contribution in [-0.2, 0) is 11.3 Å². The molecule has 0 aromatic heterocycles. The molecule has 0 heterocycles. The molecule has 0 saturated carbocycles. The maximum atomic E-state index is 5.25. The summed E-state index contributed by atoms with van der Waals surface area (Å²) in [5, 5.41) is 0. The highest BCUT2D eigenvalue weighted by Gasteiger charge is 1.87. The SMILES string of the molecule is C=CCOCc1ccccc1.N. The Morgan fingerprint density at radius 2 is 1.92 bits per heavy atom. The zero-order valence-electron chi connectivity index (χ0n) is 7.20. The Morgan fingerprint density at radius 1 is 1.25 bits per heavy atom. The summed E-state index contributed by atoms with van der Waals surface area (Å²) < 4.78 is 5.25. The van der Waals surface area contributed by atoms with Crippen LogP contribution in [-0.4, -0.2) is 6.61 Å². The third-order valence-electron chi connectivity index (χ3n) is 1.35. The zero-order chi connectivity index (χ0) is 7.94. The van der Waals surface area contributed by atoms with Gasteiger partial charge in [-0.2, -0.15) is 0 Å². The molecule has 1 rings (SSSR count). The van der Waals surface area contributed by atoms with E-state index in [2.05, 4.69) is 6.58 Å². The number of rotatable bonds is 4. The lowest BCUT2D eigenvalue weighted by molar-refractivity contribution is 0.149. The van der Waals surface area contributed by atoms with Crippen molar-refractivity contribution in [3.8, 4) is 0 Å². The number of hydrogen-bond donors (Lipinski definition) is 1. The Labute approximate surface area is 73.5 Å². The fourth-order valence-electron chi connectivity index (χ4n) is 0.834. The average Bonchev–Trinajstić information content (AvgIpc) is 2.07. The summed E-state index contributed by atoms with van der Waals surface area (Å²) in [6, 6.07) is 10.1. The minimum Gasteiger partial charge on any atom is -0.373 e. The van der Waals surface area contributed by atoms with E-state index >= 15 is 0 Å². The second kappa shape index (κ2) is 6.58. The van der Waals surface area contributed by atoms with Gasteiger partial charge < -0.3 is 10.9 Å². The van der Waals surface area contributed by atoms with Crippen LogP contribution in [0, 0.1) is 0 Å². The third kappa shape index (κ3) is 3.91. The lowest BCUT2D eigenvalue weighted by Gasteiger charge is -1.99. The Balaban J connectivity index is 0.00000121. The molecule has 0 spiro atoms. The van der Waals surface area contributed by atoms with Crippen LogP contribution in [0.25, 0.3) is 0 Å². The van der Waals surface area contributed by atoms with Crippen LogP contribution in [0.4, 0.5) is 0 Å². The molecule has 3 N–H and O–H groups in total. The lowest BCUT2D eigenvalue weighted by atomic mass is 10.2. The van der Waals surface area contributed by atoms with Crippen molar-refractivity contribution in [3.63, 3.8) is 0 Å². The Morgan fingerprint density at radius 3 is 2.50 bits per heavy atom. The summed E-state index contributed by atoms with van der Waals surface area (Å²) in [4.78, 5) is 0. The predicted octanol–water partition coefficient (Wildman–Crippen LogP) is 2.55. The van der Waals surface area contributed by atoms with Crippen molar-refractivity contribution < 1.29 is 4.74 Å². The molecule has 0 aliphatic carbocycles. The van der Waals surface area contributed by atoms with Crippen molar-refractivity contribution in [2.75, 3.05) is 6.61 Å². The fraction of sp³-hybridized carbons (Fsp3) is 0.200. The second-order valence-corrected chi connectivity index (χ2v) is 2.29. The van der Waals surface area contributed by atoms with Crippen molar-refractivity contribution >= 4 is 0 Å². The molecule has 66 valence electrons. The van der Waals surface area contributed by atoms with Gasteiger partial charge in [-0.25, -0.2) is 0 Å². The first-order valence-corrected chi connectivity index (χ1v) is 3.66. The maximum absolute atomic E-state index is 5.25. The summed E-state index contributed by atoms with van der Waals surface area (Å²) in [6.07, 6.45) is 1.75. The maximum Gasteiger partial charge on any atom is 0.0721 e. The highest BCUT2D eigenvalue weighted by Crippen LogP contribution is 1.99. The molecule has 2 nitrogen and oxygen atoms in total. The minimum atomic E-state index is 0. The van der Waals surface area contributed by atoms with Crippen molar-refractivity contribution in [2.45, 2.75) is 6.61 Å². The van der Waals surface area contributed by atoms with Gasteiger partial charge in [0.2, 0.25) is 0 Å². The Bertz CT molecular complexity index is 208. The van der Waals surface area contributed by atoms with E-state index in [4.69, 9.17) is 4.74 Å². The first-order chi connectivity index (χ1) is 5.43. The van der Waals surface area contributed by atoms with Crippen LogP contribution in [0.15, 0.2) is 43.0 Å². The molecular weight excluding hydrogens is 150 g/mol. The van der Waals surface area contributed by atoms with E-state index < -0.39 is 0 Å². The molecule has 2 heteroatoms. The van der Waals surface area contributed by atoms with E-state index in [1.807, 2.05) is 30.3 Å². The monoisotopic (exact) mass is 165 g/mol. The molecule has 0 radical (unpaired) electrons. The third-order valence-corrected chi connectivity index (χ3v) is 1.35. The molecular formula is C10H15NO. The molecule has 0 atom stereocenters. The van der Waals surface area contributed by atoms with Gasteiger partial charge in [0.25, 0.3) is 0 Å². The summed E-state index contributed by atoms with van der Waals surface area (Å²) >= 11 is 0. The van der Waals surface area contributed by atoms with E-state index in [0.29, 0.717) is 13.2 Å². The van der Waals surface area contributed by atoms with Gasteiger partial charge >= 0.3 is 0 Å². The average molecular weight is 165 g/mol. The van der Waals surface area contributed by atoms with Crippen LogP contribution < -0.4 is 6.15 Å². The molecule has 1 aromatic carbocycles. The van der Waals surface area contributed by atoms with Crippen LogP contribution >= 0.6 is 0 Å². The Hall–Kier alpha value is -1.12. The van der Waals surface area contributed by atoms with Gasteiger partial charge in [-0.05, 0) is 5.56 Å². The molecule has 0 saturated heterocycles. The lowest BCUT2D eigenvalue weighted by Crippen LogP contribution is -1.91. The van der Waals surface area contributed by atoms with Gasteiger partial charge in [0.15, 0.2) is 0 Å².